The number of carbonyl (C=O) groups excluding carboxylic acids is 4. The summed E-state index contributed by atoms with van der Waals surface area (Å²) in [4.78, 5) is 53.5. The maximum absolute atomic E-state index is 12.4. The highest BCUT2D eigenvalue weighted by atomic mass is 16.5. The summed E-state index contributed by atoms with van der Waals surface area (Å²) in [6.07, 6.45) is 8.03. The molecule has 0 spiro atoms. The number of hydrogen-bond acceptors (Lipinski definition) is 7. The molecular formula is C32H25N3O6. The van der Waals surface area contributed by atoms with Gasteiger partial charge in [-0.05, 0) is 36.4 Å². The van der Waals surface area contributed by atoms with Gasteiger partial charge < -0.3 is 14.4 Å². The van der Waals surface area contributed by atoms with Gasteiger partial charge in [0.15, 0.2) is 0 Å². The smallest absolute Gasteiger partial charge is 0.258 e. The van der Waals surface area contributed by atoms with Gasteiger partial charge in [-0.15, -0.1) is 0 Å². The van der Waals surface area contributed by atoms with E-state index in [2.05, 4.69) is 13.2 Å². The molecule has 2 aliphatic heterocycles. The Kier molecular flexibility index (Phi) is 7.60. The molecule has 5 rings (SSSR count). The molecule has 3 aromatic carbocycles. The van der Waals surface area contributed by atoms with Crippen LogP contribution in [-0.2, 0) is 19.2 Å². The van der Waals surface area contributed by atoms with Gasteiger partial charge in [0.2, 0.25) is 0 Å². The minimum atomic E-state index is -0.450. The number of hydrogen-bond donors (Lipinski definition) is 0. The number of nitrogens with zero attached hydrogens (tertiary/aromatic N) is 3. The van der Waals surface area contributed by atoms with Crippen LogP contribution in [0.5, 0.6) is 11.5 Å². The Balaban J connectivity index is 1.68. The predicted octanol–water partition coefficient (Wildman–Crippen LogP) is 5.14. The summed E-state index contributed by atoms with van der Waals surface area (Å²) in [6.45, 7) is 7.79. The normalized spacial score (nSPS) is 14.1. The maximum Gasteiger partial charge on any atom is 0.258 e. The van der Waals surface area contributed by atoms with Gasteiger partial charge in [-0.1, -0.05) is 43.5 Å². The predicted molar refractivity (Wildman–Crippen MR) is 156 cm³/mol. The molecule has 0 fully saturated rings. The minimum Gasteiger partial charge on any atom is -0.487 e. The highest BCUT2D eigenvalue weighted by Crippen LogP contribution is 2.46. The zero-order valence-electron chi connectivity index (χ0n) is 21.9. The van der Waals surface area contributed by atoms with Gasteiger partial charge in [0, 0.05) is 42.1 Å². The average molecular weight is 548 g/mol. The van der Waals surface area contributed by atoms with Crippen molar-refractivity contribution >= 4 is 52.1 Å². The average Bonchev–Trinajstić information content (AvgIpc) is 3.51. The Labute approximate surface area is 236 Å². The van der Waals surface area contributed by atoms with E-state index in [-0.39, 0.29) is 13.2 Å². The number of carbonyl (C=O) groups is 4. The van der Waals surface area contributed by atoms with E-state index in [0.29, 0.717) is 34.2 Å². The zero-order chi connectivity index (χ0) is 28.9. The van der Waals surface area contributed by atoms with Crippen LogP contribution in [0.2, 0.25) is 0 Å². The maximum atomic E-state index is 12.4. The van der Waals surface area contributed by atoms with Crippen LogP contribution in [0.25, 0.3) is 0 Å². The van der Waals surface area contributed by atoms with E-state index in [1.54, 1.807) is 48.6 Å². The fourth-order valence-electron chi connectivity index (χ4n) is 4.48. The second kappa shape index (κ2) is 11.6. The molecule has 2 heterocycles. The number of imide groups is 2. The van der Waals surface area contributed by atoms with Crippen LogP contribution in [-0.4, -0.2) is 36.8 Å². The van der Waals surface area contributed by atoms with Gasteiger partial charge in [-0.25, -0.2) is 9.80 Å². The van der Waals surface area contributed by atoms with Gasteiger partial charge in [-0.3, -0.25) is 19.2 Å². The molecule has 0 N–H and O–H groups in total. The van der Waals surface area contributed by atoms with Crippen LogP contribution < -0.4 is 24.2 Å². The molecule has 41 heavy (non-hydrogen) atoms. The third kappa shape index (κ3) is 5.28. The Morgan fingerprint density at radius 3 is 1.41 bits per heavy atom. The lowest BCUT2D eigenvalue weighted by atomic mass is 10.1. The van der Waals surface area contributed by atoms with Gasteiger partial charge >= 0.3 is 0 Å². The molecule has 0 aromatic heterocycles. The summed E-state index contributed by atoms with van der Waals surface area (Å²) >= 11 is 0. The SMILES string of the molecule is C=CCOc1cc(N2C(=O)C=CC2=O)ccc1N(c1ccccc1)c1ccc(N2C(=O)C=CC2=O)cc1OCC=C. The summed E-state index contributed by atoms with van der Waals surface area (Å²) in [6, 6.07) is 19.4. The molecule has 4 amide bonds. The minimum absolute atomic E-state index is 0.157. The van der Waals surface area contributed by atoms with Crippen LogP contribution in [0.3, 0.4) is 0 Å². The van der Waals surface area contributed by atoms with Crippen molar-refractivity contribution in [2.75, 3.05) is 27.9 Å². The van der Waals surface area contributed by atoms with E-state index in [1.807, 2.05) is 35.2 Å². The van der Waals surface area contributed by atoms with Crippen molar-refractivity contribution in [3.05, 3.63) is 116 Å². The molecule has 0 saturated heterocycles. The third-order valence-electron chi connectivity index (χ3n) is 6.23. The topological polar surface area (TPSA) is 96.5 Å². The molecule has 0 saturated carbocycles. The lowest BCUT2D eigenvalue weighted by Gasteiger charge is -2.30. The van der Waals surface area contributed by atoms with Gasteiger partial charge in [-0.2, -0.15) is 0 Å². The van der Waals surface area contributed by atoms with Crippen LogP contribution >= 0.6 is 0 Å². The first-order chi connectivity index (χ1) is 19.9. The lowest BCUT2D eigenvalue weighted by molar-refractivity contribution is -0.121. The third-order valence-corrected chi connectivity index (χ3v) is 6.23. The van der Waals surface area contributed by atoms with E-state index < -0.39 is 23.6 Å². The molecule has 3 aromatic rings. The lowest BCUT2D eigenvalue weighted by Crippen LogP contribution is -2.29. The quantitative estimate of drug-likeness (QED) is 0.242. The van der Waals surface area contributed by atoms with Crippen LogP contribution in [0.4, 0.5) is 28.4 Å². The van der Waals surface area contributed by atoms with Crippen molar-refractivity contribution < 1.29 is 28.7 Å². The molecule has 0 aliphatic carbocycles. The Hall–Kier alpha value is -5.70. The van der Waals surface area contributed by atoms with Crippen molar-refractivity contribution in [2.24, 2.45) is 0 Å². The highest BCUT2D eigenvalue weighted by Gasteiger charge is 2.29. The number of benzene rings is 3. The highest BCUT2D eigenvalue weighted by molar-refractivity contribution is 6.29. The van der Waals surface area contributed by atoms with Gasteiger partial charge in [0.05, 0.1) is 22.7 Å². The molecule has 204 valence electrons. The van der Waals surface area contributed by atoms with E-state index >= 15 is 0 Å². The molecule has 0 atom stereocenters. The van der Waals surface area contributed by atoms with Crippen molar-refractivity contribution in [3.63, 3.8) is 0 Å². The van der Waals surface area contributed by atoms with Crippen molar-refractivity contribution in [2.45, 2.75) is 0 Å². The second-order valence-electron chi connectivity index (χ2n) is 8.86. The van der Waals surface area contributed by atoms with Crippen molar-refractivity contribution in [3.8, 4) is 11.5 Å². The van der Waals surface area contributed by atoms with Crippen molar-refractivity contribution in [1.29, 1.82) is 0 Å². The number of para-hydroxylation sites is 1. The second-order valence-corrected chi connectivity index (χ2v) is 8.86. The monoisotopic (exact) mass is 547 g/mol. The van der Waals surface area contributed by atoms with Gasteiger partial charge in [0.25, 0.3) is 23.6 Å². The number of amides is 4. The van der Waals surface area contributed by atoms with Crippen molar-refractivity contribution in [1.82, 2.24) is 0 Å². The van der Waals surface area contributed by atoms with Gasteiger partial charge in [0.1, 0.15) is 24.7 Å². The zero-order valence-corrected chi connectivity index (χ0v) is 21.9. The van der Waals surface area contributed by atoms with E-state index in [4.69, 9.17) is 9.47 Å². The first-order valence-electron chi connectivity index (χ1n) is 12.7. The van der Waals surface area contributed by atoms with E-state index in [0.717, 1.165) is 15.5 Å². The molecule has 0 bridgehead atoms. The largest absolute Gasteiger partial charge is 0.487 e. The van der Waals surface area contributed by atoms with E-state index in [9.17, 15) is 19.2 Å². The first kappa shape index (κ1) is 26.9. The summed E-state index contributed by atoms with van der Waals surface area (Å²) in [5.41, 5.74) is 2.57. The molecule has 2 aliphatic rings. The fraction of sp³-hybridized carbons (Fsp3) is 0.0625. The first-order valence-corrected chi connectivity index (χ1v) is 12.7. The number of anilines is 5. The molecule has 9 heteroatoms. The molecule has 0 unspecified atom stereocenters. The summed E-state index contributed by atoms with van der Waals surface area (Å²) < 4.78 is 12.1. The number of ether oxygens (including phenoxy) is 2. The summed E-state index contributed by atoms with van der Waals surface area (Å²) in [5.74, 6) is -1.07. The molecule has 0 radical (unpaired) electrons. The number of rotatable bonds is 11. The standard InChI is InChI=1S/C32H25N3O6/c1-3-18-40-27-20-23(34-29(36)14-15-30(34)37)10-12-25(27)33(22-8-6-5-7-9-22)26-13-11-24(21-28(26)41-19-4-2)35-31(38)16-17-32(35)39/h3-17,20-21H,1-2,18-19H2. The Morgan fingerprint density at radius 1 is 0.610 bits per heavy atom. The molecule has 9 nitrogen and oxygen atoms in total. The summed E-state index contributed by atoms with van der Waals surface area (Å²) in [7, 11) is 0. The Morgan fingerprint density at radius 2 is 1.02 bits per heavy atom. The summed E-state index contributed by atoms with van der Waals surface area (Å²) in [5, 5.41) is 0. The van der Waals surface area contributed by atoms with Crippen LogP contribution in [0.1, 0.15) is 0 Å². The van der Waals surface area contributed by atoms with Crippen LogP contribution in [0, 0.1) is 0 Å². The Bertz CT molecular complexity index is 1490. The molecular weight excluding hydrogens is 522 g/mol. The fourth-order valence-corrected chi connectivity index (χ4v) is 4.48. The van der Waals surface area contributed by atoms with E-state index in [1.165, 1.54) is 24.3 Å². The van der Waals surface area contributed by atoms with Crippen LogP contribution in [0.15, 0.2) is 116 Å².